The van der Waals surface area contributed by atoms with Gasteiger partial charge in [0.05, 0.1) is 17.3 Å². The fourth-order valence-electron chi connectivity index (χ4n) is 2.57. The van der Waals surface area contributed by atoms with Crippen LogP contribution in [0.1, 0.15) is 17.7 Å². The van der Waals surface area contributed by atoms with E-state index in [1.165, 1.54) is 0 Å². The van der Waals surface area contributed by atoms with E-state index in [9.17, 15) is 0 Å². The highest BCUT2D eigenvalue weighted by atomic mass is 35.5. The predicted octanol–water partition coefficient (Wildman–Crippen LogP) is 4.77. The molecule has 0 bridgehead atoms. The zero-order valence-electron chi connectivity index (χ0n) is 15.1. The van der Waals surface area contributed by atoms with Gasteiger partial charge in [0.25, 0.3) is 0 Å². The number of benzene rings is 1. The third-order valence-electron chi connectivity index (χ3n) is 4.00. The largest absolute Gasteiger partial charge is 0.362 e. The van der Waals surface area contributed by atoms with Crippen LogP contribution in [0, 0.1) is 6.92 Å². The van der Waals surface area contributed by atoms with Crippen molar-refractivity contribution >= 4 is 58.0 Å². The van der Waals surface area contributed by atoms with Crippen LogP contribution in [0.4, 0.5) is 5.82 Å². The summed E-state index contributed by atoms with van der Waals surface area (Å²) in [4.78, 5) is 0. The van der Waals surface area contributed by atoms with E-state index in [2.05, 4.69) is 20.8 Å². The number of aryl methyl sites for hydroxylation is 2. The second kappa shape index (κ2) is 9.60. The lowest BCUT2D eigenvalue weighted by molar-refractivity contribution is 0.570. The van der Waals surface area contributed by atoms with E-state index in [0.717, 1.165) is 24.2 Å². The third-order valence-corrected chi connectivity index (χ3v) is 5.33. The van der Waals surface area contributed by atoms with E-state index in [-0.39, 0.29) is 0 Å². The van der Waals surface area contributed by atoms with Crippen molar-refractivity contribution in [2.24, 2.45) is 0 Å². The van der Waals surface area contributed by atoms with E-state index in [0.29, 0.717) is 39.1 Å². The molecule has 0 aliphatic carbocycles. The fourth-order valence-corrected chi connectivity index (χ4v) is 3.45. The third kappa shape index (κ3) is 5.61. The van der Waals surface area contributed by atoms with Gasteiger partial charge in [-0.3, -0.25) is 9.36 Å². The Kier molecular flexibility index (Phi) is 7.18. The van der Waals surface area contributed by atoms with Crippen LogP contribution in [0.2, 0.25) is 15.1 Å². The van der Waals surface area contributed by atoms with Crippen LogP contribution in [0.5, 0.6) is 0 Å². The molecule has 3 rings (SSSR count). The topological polar surface area (TPSA) is 59.7 Å². The smallest absolute Gasteiger partial charge is 0.171 e. The quantitative estimate of drug-likeness (QED) is 0.395. The number of anilines is 1. The van der Waals surface area contributed by atoms with Crippen molar-refractivity contribution in [3.63, 3.8) is 0 Å². The minimum atomic E-state index is 0.478. The Balaban J connectivity index is 1.44. The van der Waals surface area contributed by atoms with Gasteiger partial charge in [0.2, 0.25) is 0 Å². The van der Waals surface area contributed by atoms with Crippen LogP contribution in [0.3, 0.4) is 0 Å². The van der Waals surface area contributed by atoms with Gasteiger partial charge in [0.1, 0.15) is 0 Å². The lowest BCUT2D eigenvalue weighted by atomic mass is 10.2. The first-order valence-electron chi connectivity index (χ1n) is 8.63. The van der Waals surface area contributed by atoms with Crippen molar-refractivity contribution in [3.05, 3.63) is 63.0 Å². The van der Waals surface area contributed by atoms with E-state index < -0.39 is 0 Å². The molecule has 0 aliphatic rings. The van der Waals surface area contributed by atoms with Gasteiger partial charge in [-0.05, 0) is 37.7 Å². The van der Waals surface area contributed by atoms with Crippen LogP contribution in [-0.2, 0) is 13.1 Å². The molecule has 0 saturated carbocycles. The number of hydrogen-bond donors (Lipinski definition) is 2. The first kappa shape index (κ1) is 20.9. The van der Waals surface area contributed by atoms with Crippen molar-refractivity contribution in [3.8, 4) is 0 Å². The molecule has 2 N–H and O–H groups in total. The van der Waals surface area contributed by atoms with E-state index in [1.54, 1.807) is 4.68 Å². The Bertz CT molecular complexity index is 928. The van der Waals surface area contributed by atoms with Gasteiger partial charge in [0, 0.05) is 47.2 Å². The molecule has 28 heavy (non-hydrogen) atoms. The number of hydrogen-bond acceptors (Lipinski definition) is 3. The van der Waals surface area contributed by atoms with Crippen LogP contribution >= 0.6 is 47.0 Å². The SMILES string of the molecule is Cc1nn(CCCNC(=S)Nc2ccn(Cc3c(Cl)cccc3Cl)n2)cc1Cl. The highest BCUT2D eigenvalue weighted by molar-refractivity contribution is 7.80. The van der Waals surface area contributed by atoms with Crippen molar-refractivity contribution in [1.82, 2.24) is 24.9 Å². The fraction of sp³-hybridized carbons (Fsp3) is 0.278. The molecule has 0 saturated heterocycles. The number of nitrogens with one attached hydrogen (secondary N) is 2. The summed E-state index contributed by atoms with van der Waals surface area (Å²) < 4.78 is 3.58. The van der Waals surface area contributed by atoms with Gasteiger partial charge >= 0.3 is 0 Å². The van der Waals surface area contributed by atoms with Crippen LogP contribution in [-0.4, -0.2) is 31.2 Å². The van der Waals surface area contributed by atoms with Crippen LogP contribution in [0.15, 0.2) is 36.7 Å². The van der Waals surface area contributed by atoms with Gasteiger partial charge in [0.15, 0.2) is 10.9 Å². The summed E-state index contributed by atoms with van der Waals surface area (Å²) in [6.07, 6.45) is 4.53. The summed E-state index contributed by atoms with van der Waals surface area (Å²) in [7, 11) is 0. The minimum Gasteiger partial charge on any atom is -0.362 e. The van der Waals surface area contributed by atoms with E-state index in [1.807, 2.05) is 48.3 Å². The van der Waals surface area contributed by atoms with Gasteiger partial charge in [-0.2, -0.15) is 10.2 Å². The predicted molar refractivity (Wildman–Crippen MR) is 119 cm³/mol. The molecule has 10 heteroatoms. The monoisotopic (exact) mass is 456 g/mol. The average molecular weight is 458 g/mol. The lowest BCUT2D eigenvalue weighted by Crippen LogP contribution is -2.30. The molecule has 0 spiro atoms. The normalized spacial score (nSPS) is 10.9. The number of halogens is 3. The first-order valence-corrected chi connectivity index (χ1v) is 10.2. The molecular formula is C18H19Cl3N6S. The molecule has 0 radical (unpaired) electrons. The maximum atomic E-state index is 6.21. The molecule has 0 atom stereocenters. The molecule has 1 aromatic carbocycles. The summed E-state index contributed by atoms with van der Waals surface area (Å²) in [5, 5.41) is 17.4. The first-order chi connectivity index (χ1) is 13.4. The van der Waals surface area contributed by atoms with Gasteiger partial charge in [-0.25, -0.2) is 0 Å². The number of rotatable bonds is 7. The minimum absolute atomic E-state index is 0.478. The molecule has 148 valence electrons. The van der Waals surface area contributed by atoms with Crippen molar-refractivity contribution in [2.75, 3.05) is 11.9 Å². The number of thiocarbonyl (C=S) groups is 1. The van der Waals surface area contributed by atoms with E-state index in [4.69, 9.17) is 47.0 Å². The number of aromatic nitrogens is 4. The molecule has 3 aromatic rings. The lowest BCUT2D eigenvalue weighted by Gasteiger charge is -2.09. The Morgan fingerprint density at radius 3 is 2.50 bits per heavy atom. The summed E-state index contributed by atoms with van der Waals surface area (Å²) in [5.74, 6) is 0.648. The molecular weight excluding hydrogens is 439 g/mol. The summed E-state index contributed by atoms with van der Waals surface area (Å²) in [5.41, 5.74) is 1.66. The molecule has 6 nitrogen and oxygen atoms in total. The Morgan fingerprint density at radius 2 is 1.82 bits per heavy atom. The van der Waals surface area contributed by atoms with Gasteiger partial charge < -0.3 is 10.6 Å². The molecule has 0 amide bonds. The maximum Gasteiger partial charge on any atom is 0.171 e. The van der Waals surface area contributed by atoms with Crippen molar-refractivity contribution in [1.29, 1.82) is 0 Å². The average Bonchev–Trinajstić information content (AvgIpc) is 3.21. The number of nitrogens with zero attached hydrogens (tertiary/aromatic N) is 4. The second-order valence-electron chi connectivity index (χ2n) is 6.16. The Labute approximate surface area is 183 Å². The van der Waals surface area contributed by atoms with Gasteiger partial charge in [-0.1, -0.05) is 40.9 Å². The Hall–Kier alpha value is -1.80. The summed E-state index contributed by atoms with van der Waals surface area (Å²) in [6, 6.07) is 7.27. The zero-order valence-corrected chi connectivity index (χ0v) is 18.2. The van der Waals surface area contributed by atoms with Crippen LogP contribution < -0.4 is 10.6 Å². The second-order valence-corrected chi connectivity index (χ2v) is 7.79. The maximum absolute atomic E-state index is 6.21. The zero-order chi connectivity index (χ0) is 20.1. The molecule has 0 aliphatic heterocycles. The summed E-state index contributed by atoms with van der Waals surface area (Å²) in [6.45, 7) is 3.83. The van der Waals surface area contributed by atoms with E-state index >= 15 is 0 Å². The molecule has 0 fully saturated rings. The molecule has 0 unspecified atom stereocenters. The molecule has 2 heterocycles. The highest BCUT2D eigenvalue weighted by Crippen LogP contribution is 2.25. The standard InChI is InChI=1S/C18H19Cl3N6S/c1-12-16(21)11-26(24-12)8-3-7-22-18(28)23-17-6-9-27(25-17)10-13-14(19)4-2-5-15(13)20/h2,4-6,9,11H,3,7-8,10H2,1H3,(H2,22,23,25,28). The highest BCUT2D eigenvalue weighted by Gasteiger charge is 2.08. The van der Waals surface area contributed by atoms with Crippen LogP contribution in [0.25, 0.3) is 0 Å². The van der Waals surface area contributed by atoms with Crippen molar-refractivity contribution in [2.45, 2.75) is 26.4 Å². The summed E-state index contributed by atoms with van der Waals surface area (Å²) >= 11 is 23.7. The van der Waals surface area contributed by atoms with Crippen molar-refractivity contribution < 1.29 is 0 Å². The Morgan fingerprint density at radius 1 is 1.07 bits per heavy atom. The molecule has 2 aromatic heterocycles. The van der Waals surface area contributed by atoms with Gasteiger partial charge in [-0.15, -0.1) is 0 Å².